The minimum absolute atomic E-state index is 0.0643. The molecule has 1 amide bonds. The van der Waals surface area contributed by atoms with E-state index in [1.807, 2.05) is 13.0 Å². The second-order valence-corrected chi connectivity index (χ2v) is 3.49. The molecule has 0 aromatic carbocycles. The molecule has 1 unspecified atom stereocenters. The zero-order chi connectivity index (χ0) is 10.7. The number of hydrogen-bond acceptors (Lipinski definition) is 3. The highest BCUT2D eigenvalue weighted by Gasteiger charge is 2.14. The van der Waals surface area contributed by atoms with Crippen molar-refractivity contribution < 1.29 is 9.21 Å². The normalized spacial score (nSPS) is 12.6. The Labute approximate surface area is 83.7 Å². The van der Waals surface area contributed by atoms with Gasteiger partial charge in [0.05, 0.1) is 12.3 Å². The number of furan rings is 1. The molecule has 1 aromatic rings. The van der Waals surface area contributed by atoms with Crippen LogP contribution < -0.4 is 5.73 Å². The second kappa shape index (κ2) is 4.28. The number of carbonyl (C=O) groups excluding carboxylic acids is 1. The molecule has 0 aliphatic carbocycles. The molecule has 1 heterocycles. The van der Waals surface area contributed by atoms with Crippen LogP contribution in [0.25, 0.3) is 0 Å². The van der Waals surface area contributed by atoms with Crippen LogP contribution in [0.2, 0.25) is 0 Å². The Morgan fingerprint density at radius 1 is 1.71 bits per heavy atom. The molecule has 0 saturated carbocycles. The molecule has 4 nitrogen and oxygen atoms in total. The van der Waals surface area contributed by atoms with Crippen LogP contribution in [0.4, 0.5) is 0 Å². The number of hydrogen-bond donors (Lipinski definition) is 1. The standard InChI is InChI=1S/C10H16N2O2/c1-7(11)10(13)12(3)6-9-4-5-14-8(9)2/h4-5,7H,6,11H2,1-3H3. The van der Waals surface area contributed by atoms with Gasteiger partial charge in [-0.05, 0) is 19.9 Å². The molecule has 0 saturated heterocycles. The number of nitrogens with two attached hydrogens (primary N) is 1. The number of rotatable bonds is 3. The lowest BCUT2D eigenvalue weighted by Crippen LogP contribution is -2.39. The molecule has 4 heteroatoms. The molecule has 0 bridgehead atoms. The van der Waals surface area contributed by atoms with Gasteiger partial charge in [-0.3, -0.25) is 4.79 Å². The largest absolute Gasteiger partial charge is 0.469 e. The van der Waals surface area contributed by atoms with Gasteiger partial charge in [-0.15, -0.1) is 0 Å². The van der Waals surface area contributed by atoms with Crippen molar-refractivity contribution >= 4 is 5.91 Å². The first-order valence-electron chi connectivity index (χ1n) is 4.56. The first kappa shape index (κ1) is 10.8. The smallest absolute Gasteiger partial charge is 0.239 e. The van der Waals surface area contributed by atoms with Crippen LogP contribution in [-0.4, -0.2) is 23.9 Å². The third-order valence-corrected chi connectivity index (χ3v) is 2.14. The van der Waals surface area contributed by atoms with E-state index in [9.17, 15) is 4.79 Å². The molecule has 0 aliphatic rings. The van der Waals surface area contributed by atoms with E-state index in [4.69, 9.17) is 10.2 Å². The molecule has 1 atom stereocenters. The minimum Gasteiger partial charge on any atom is -0.469 e. The average molecular weight is 196 g/mol. The molecule has 1 aromatic heterocycles. The van der Waals surface area contributed by atoms with Crippen LogP contribution in [0.15, 0.2) is 16.7 Å². The molecule has 78 valence electrons. The van der Waals surface area contributed by atoms with Crippen molar-refractivity contribution in [1.29, 1.82) is 0 Å². The van der Waals surface area contributed by atoms with E-state index in [2.05, 4.69) is 0 Å². The van der Waals surface area contributed by atoms with E-state index in [-0.39, 0.29) is 5.91 Å². The Bertz CT molecular complexity index is 318. The van der Waals surface area contributed by atoms with E-state index >= 15 is 0 Å². The highest BCUT2D eigenvalue weighted by Crippen LogP contribution is 2.11. The molecular weight excluding hydrogens is 180 g/mol. The fraction of sp³-hybridized carbons (Fsp3) is 0.500. The summed E-state index contributed by atoms with van der Waals surface area (Å²) in [4.78, 5) is 13.1. The van der Waals surface area contributed by atoms with E-state index in [0.717, 1.165) is 11.3 Å². The van der Waals surface area contributed by atoms with Crippen molar-refractivity contribution in [3.05, 3.63) is 23.7 Å². The van der Waals surface area contributed by atoms with Crippen LogP contribution in [0.5, 0.6) is 0 Å². The van der Waals surface area contributed by atoms with E-state index < -0.39 is 6.04 Å². The summed E-state index contributed by atoms with van der Waals surface area (Å²) in [7, 11) is 1.73. The highest BCUT2D eigenvalue weighted by molar-refractivity contribution is 5.80. The van der Waals surface area contributed by atoms with Crippen molar-refractivity contribution in [1.82, 2.24) is 4.90 Å². The number of likely N-dealkylation sites (N-methyl/N-ethyl adjacent to an activating group) is 1. The predicted octanol–water partition coefficient (Wildman–Crippen LogP) is 0.894. The quantitative estimate of drug-likeness (QED) is 0.781. The summed E-state index contributed by atoms with van der Waals surface area (Å²) in [6.07, 6.45) is 1.62. The van der Waals surface area contributed by atoms with Gasteiger partial charge in [0, 0.05) is 19.2 Å². The lowest BCUT2D eigenvalue weighted by Gasteiger charge is -2.18. The van der Waals surface area contributed by atoms with Gasteiger partial charge in [-0.25, -0.2) is 0 Å². The third-order valence-electron chi connectivity index (χ3n) is 2.14. The summed E-state index contributed by atoms with van der Waals surface area (Å²) < 4.78 is 5.14. The number of aryl methyl sites for hydroxylation is 1. The summed E-state index contributed by atoms with van der Waals surface area (Å²) >= 11 is 0. The Balaban J connectivity index is 2.62. The second-order valence-electron chi connectivity index (χ2n) is 3.49. The molecule has 0 spiro atoms. The lowest BCUT2D eigenvalue weighted by molar-refractivity contribution is -0.131. The van der Waals surface area contributed by atoms with Gasteiger partial charge < -0.3 is 15.1 Å². The van der Waals surface area contributed by atoms with Gasteiger partial charge in [-0.2, -0.15) is 0 Å². The molecule has 0 radical (unpaired) electrons. The van der Waals surface area contributed by atoms with Crippen molar-refractivity contribution in [3.8, 4) is 0 Å². The first-order chi connectivity index (χ1) is 6.52. The highest BCUT2D eigenvalue weighted by atomic mass is 16.3. The van der Waals surface area contributed by atoms with Gasteiger partial charge in [-0.1, -0.05) is 0 Å². The van der Waals surface area contributed by atoms with Crippen LogP contribution in [0.3, 0.4) is 0 Å². The minimum atomic E-state index is -0.452. The van der Waals surface area contributed by atoms with Crippen LogP contribution in [0, 0.1) is 6.92 Å². The Morgan fingerprint density at radius 2 is 2.36 bits per heavy atom. The Kier molecular flexibility index (Phi) is 3.30. The van der Waals surface area contributed by atoms with Crippen molar-refractivity contribution in [2.45, 2.75) is 26.4 Å². The lowest BCUT2D eigenvalue weighted by atomic mass is 10.2. The maximum absolute atomic E-state index is 11.5. The Morgan fingerprint density at radius 3 is 2.79 bits per heavy atom. The first-order valence-corrected chi connectivity index (χ1v) is 4.56. The number of carbonyl (C=O) groups is 1. The molecular formula is C10H16N2O2. The number of amides is 1. The Hall–Kier alpha value is -1.29. The topological polar surface area (TPSA) is 59.5 Å². The zero-order valence-electron chi connectivity index (χ0n) is 8.78. The zero-order valence-corrected chi connectivity index (χ0v) is 8.78. The van der Waals surface area contributed by atoms with Gasteiger partial charge in [0.25, 0.3) is 0 Å². The summed E-state index contributed by atoms with van der Waals surface area (Å²) in [5.41, 5.74) is 6.50. The summed E-state index contributed by atoms with van der Waals surface area (Å²) in [6, 6.07) is 1.41. The monoisotopic (exact) mass is 196 g/mol. The van der Waals surface area contributed by atoms with Gasteiger partial charge >= 0.3 is 0 Å². The maximum Gasteiger partial charge on any atom is 0.239 e. The van der Waals surface area contributed by atoms with Crippen molar-refractivity contribution in [2.24, 2.45) is 5.73 Å². The molecule has 2 N–H and O–H groups in total. The maximum atomic E-state index is 11.5. The summed E-state index contributed by atoms with van der Waals surface area (Å²) in [5, 5.41) is 0. The number of nitrogens with zero attached hydrogens (tertiary/aromatic N) is 1. The van der Waals surface area contributed by atoms with Gasteiger partial charge in [0.1, 0.15) is 5.76 Å². The van der Waals surface area contributed by atoms with E-state index in [1.165, 1.54) is 0 Å². The molecule has 0 fully saturated rings. The average Bonchev–Trinajstić information content (AvgIpc) is 2.50. The van der Waals surface area contributed by atoms with Crippen molar-refractivity contribution in [2.75, 3.05) is 7.05 Å². The van der Waals surface area contributed by atoms with Gasteiger partial charge in [0.15, 0.2) is 0 Å². The van der Waals surface area contributed by atoms with Crippen LogP contribution >= 0.6 is 0 Å². The fourth-order valence-electron chi connectivity index (χ4n) is 1.26. The summed E-state index contributed by atoms with van der Waals surface area (Å²) in [5.74, 6) is 0.778. The molecule has 1 rings (SSSR count). The fourth-order valence-corrected chi connectivity index (χ4v) is 1.26. The van der Waals surface area contributed by atoms with E-state index in [0.29, 0.717) is 6.54 Å². The summed E-state index contributed by atoms with van der Waals surface area (Å²) in [6.45, 7) is 4.10. The SMILES string of the molecule is Cc1occc1CN(C)C(=O)C(C)N. The third kappa shape index (κ3) is 2.35. The predicted molar refractivity (Wildman–Crippen MR) is 53.6 cm³/mol. The van der Waals surface area contributed by atoms with Crippen LogP contribution in [-0.2, 0) is 11.3 Å². The van der Waals surface area contributed by atoms with Crippen LogP contribution in [0.1, 0.15) is 18.2 Å². The van der Waals surface area contributed by atoms with Crippen molar-refractivity contribution in [3.63, 3.8) is 0 Å². The van der Waals surface area contributed by atoms with Gasteiger partial charge in [0.2, 0.25) is 5.91 Å². The molecule has 14 heavy (non-hydrogen) atoms. The molecule has 0 aliphatic heterocycles. The van der Waals surface area contributed by atoms with E-state index in [1.54, 1.807) is 25.1 Å².